The molecule has 3 rings (SSSR count). The summed E-state index contributed by atoms with van der Waals surface area (Å²) in [5, 5.41) is 3.60. The molecule has 1 aromatic carbocycles. The molecule has 0 aliphatic heterocycles. The van der Waals surface area contributed by atoms with Gasteiger partial charge in [0.2, 0.25) is 5.56 Å². The third-order valence-electron chi connectivity index (χ3n) is 3.84. The lowest BCUT2D eigenvalue weighted by atomic mass is 9.91. The number of hydrogen-bond acceptors (Lipinski definition) is 2. The van der Waals surface area contributed by atoms with Crippen molar-refractivity contribution in [1.82, 2.24) is 4.98 Å². The SMILES string of the molecule is Cc1ccc(NC2CCCc3[nH]c(=O)ccc32)cc1I. The smallest absolute Gasteiger partial charge is 0.248 e. The largest absolute Gasteiger partial charge is 0.378 e. The molecule has 104 valence electrons. The lowest BCUT2D eigenvalue weighted by molar-refractivity contribution is 0.587. The Morgan fingerprint density at radius 1 is 1.30 bits per heavy atom. The van der Waals surface area contributed by atoms with E-state index >= 15 is 0 Å². The quantitative estimate of drug-likeness (QED) is 0.779. The predicted molar refractivity (Wildman–Crippen MR) is 90.3 cm³/mol. The molecule has 1 aromatic heterocycles. The molecule has 3 nitrogen and oxygen atoms in total. The highest BCUT2D eigenvalue weighted by atomic mass is 127. The van der Waals surface area contributed by atoms with Crippen molar-refractivity contribution in [2.75, 3.05) is 5.32 Å². The van der Waals surface area contributed by atoms with E-state index in [-0.39, 0.29) is 11.6 Å². The molecule has 1 heterocycles. The van der Waals surface area contributed by atoms with Gasteiger partial charge in [-0.2, -0.15) is 0 Å². The molecule has 0 amide bonds. The maximum atomic E-state index is 11.4. The van der Waals surface area contributed by atoms with E-state index in [1.54, 1.807) is 6.07 Å². The first-order valence-electron chi connectivity index (χ1n) is 6.88. The fraction of sp³-hybridized carbons (Fsp3) is 0.312. The van der Waals surface area contributed by atoms with Crippen LogP contribution in [0.4, 0.5) is 5.69 Å². The summed E-state index contributed by atoms with van der Waals surface area (Å²) < 4.78 is 1.27. The fourth-order valence-electron chi connectivity index (χ4n) is 2.73. The molecular weight excluding hydrogens is 363 g/mol. The number of pyridine rings is 1. The zero-order chi connectivity index (χ0) is 14.1. The number of aromatic amines is 1. The second-order valence-corrected chi connectivity index (χ2v) is 6.47. The summed E-state index contributed by atoms with van der Waals surface area (Å²) in [6, 6.07) is 10.3. The third-order valence-corrected chi connectivity index (χ3v) is 5.01. The Hall–Kier alpha value is -1.30. The van der Waals surface area contributed by atoms with Crippen molar-refractivity contribution in [1.29, 1.82) is 0 Å². The summed E-state index contributed by atoms with van der Waals surface area (Å²) in [5.41, 5.74) is 4.75. The normalized spacial score (nSPS) is 17.6. The Morgan fingerprint density at radius 3 is 2.95 bits per heavy atom. The van der Waals surface area contributed by atoms with Crippen LogP contribution in [0.5, 0.6) is 0 Å². The van der Waals surface area contributed by atoms with E-state index in [9.17, 15) is 4.79 Å². The molecule has 2 aromatic rings. The molecule has 1 aliphatic carbocycles. The van der Waals surface area contributed by atoms with Crippen LogP contribution in [0, 0.1) is 10.5 Å². The maximum Gasteiger partial charge on any atom is 0.248 e. The van der Waals surface area contributed by atoms with Gasteiger partial charge < -0.3 is 10.3 Å². The number of fused-ring (bicyclic) bond motifs is 1. The molecule has 20 heavy (non-hydrogen) atoms. The van der Waals surface area contributed by atoms with Crippen molar-refractivity contribution in [2.24, 2.45) is 0 Å². The lowest BCUT2D eigenvalue weighted by Crippen LogP contribution is -2.21. The summed E-state index contributed by atoms with van der Waals surface area (Å²) >= 11 is 2.36. The van der Waals surface area contributed by atoms with Crippen molar-refractivity contribution in [3.8, 4) is 0 Å². The maximum absolute atomic E-state index is 11.4. The van der Waals surface area contributed by atoms with Gasteiger partial charge in [0.25, 0.3) is 0 Å². The Morgan fingerprint density at radius 2 is 2.15 bits per heavy atom. The first-order chi connectivity index (χ1) is 9.63. The van der Waals surface area contributed by atoms with E-state index < -0.39 is 0 Å². The second kappa shape index (κ2) is 5.60. The summed E-state index contributed by atoms with van der Waals surface area (Å²) in [5.74, 6) is 0. The molecule has 0 bridgehead atoms. The molecule has 1 aliphatic rings. The first kappa shape index (κ1) is 13.7. The van der Waals surface area contributed by atoms with Crippen LogP contribution >= 0.6 is 22.6 Å². The topological polar surface area (TPSA) is 44.9 Å². The number of anilines is 1. The van der Waals surface area contributed by atoms with Gasteiger partial charge in [-0.3, -0.25) is 4.79 Å². The Kier molecular flexibility index (Phi) is 3.83. The number of H-pyrrole nitrogens is 1. The summed E-state index contributed by atoms with van der Waals surface area (Å²) in [4.78, 5) is 14.4. The van der Waals surface area contributed by atoms with Crippen LogP contribution in [0.15, 0.2) is 35.1 Å². The number of nitrogens with one attached hydrogen (secondary N) is 2. The minimum atomic E-state index is -0.00529. The minimum absolute atomic E-state index is 0.00529. The van der Waals surface area contributed by atoms with Crippen molar-refractivity contribution in [3.63, 3.8) is 0 Å². The van der Waals surface area contributed by atoms with Gasteiger partial charge in [-0.25, -0.2) is 0 Å². The van der Waals surface area contributed by atoms with E-state index in [4.69, 9.17) is 0 Å². The van der Waals surface area contributed by atoms with Crippen LogP contribution < -0.4 is 10.9 Å². The van der Waals surface area contributed by atoms with Gasteiger partial charge in [0, 0.05) is 21.0 Å². The molecule has 0 radical (unpaired) electrons. The van der Waals surface area contributed by atoms with Gasteiger partial charge in [-0.1, -0.05) is 6.07 Å². The highest BCUT2D eigenvalue weighted by Crippen LogP contribution is 2.31. The Bertz CT molecular complexity index is 693. The number of rotatable bonds is 2. The van der Waals surface area contributed by atoms with Crippen molar-refractivity contribution < 1.29 is 0 Å². The molecule has 0 saturated carbocycles. The second-order valence-electron chi connectivity index (χ2n) is 5.31. The van der Waals surface area contributed by atoms with Crippen LogP contribution in [0.3, 0.4) is 0 Å². The highest BCUT2D eigenvalue weighted by molar-refractivity contribution is 14.1. The van der Waals surface area contributed by atoms with Crippen LogP contribution in [0.25, 0.3) is 0 Å². The average Bonchev–Trinajstić information content (AvgIpc) is 2.43. The first-order valence-corrected chi connectivity index (χ1v) is 7.96. The van der Waals surface area contributed by atoms with E-state index in [0.29, 0.717) is 0 Å². The fourth-order valence-corrected chi connectivity index (χ4v) is 3.25. The molecule has 0 fully saturated rings. The van der Waals surface area contributed by atoms with Gasteiger partial charge in [-0.15, -0.1) is 0 Å². The lowest BCUT2D eigenvalue weighted by Gasteiger charge is -2.27. The standard InChI is InChI=1S/C16H17IN2O/c1-10-5-6-11(9-13(10)17)18-14-3-2-4-15-12(14)7-8-16(20)19-15/h5-9,14,18H,2-4H2,1H3,(H,19,20). The summed E-state index contributed by atoms with van der Waals surface area (Å²) in [6.07, 6.45) is 3.17. The zero-order valence-corrected chi connectivity index (χ0v) is 13.5. The summed E-state index contributed by atoms with van der Waals surface area (Å²) in [7, 11) is 0. The van der Waals surface area contributed by atoms with E-state index in [0.717, 1.165) is 30.6 Å². The minimum Gasteiger partial charge on any atom is -0.378 e. The third kappa shape index (κ3) is 2.75. The molecule has 0 saturated heterocycles. The molecule has 1 unspecified atom stereocenters. The molecule has 4 heteroatoms. The zero-order valence-electron chi connectivity index (χ0n) is 11.4. The van der Waals surface area contributed by atoms with E-state index in [2.05, 4.69) is 58.0 Å². The van der Waals surface area contributed by atoms with E-state index in [1.165, 1.54) is 14.7 Å². The summed E-state index contributed by atoms with van der Waals surface area (Å²) in [6.45, 7) is 2.12. The van der Waals surface area contributed by atoms with Crippen LogP contribution in [0.2, 0.25) is 0 Å². The number of benzene rings is 1. The monoisotopic (exact) mass is 380 g/mol. The van der Waals surface area contributed by atoms with Crippen LogP contribution in [0.1, 0.15) is 35.7 Å². The average molecular weight is 380 g/mol. The number of hydrogen-bond donors (Lipinski definition) is 2. The Balaban J connectivity index is 1.89. The molecule has 1 atom stereocenters. The number of aromatic nitrogens is 1. The molecule has 0 spiro atoms. The van der Waals surface area contributed by atoms with Crippen molar-refractivity contribution in [2.45, 2.75) is 32.2 Å². The van der Waals surface area contributed by atoms with Gasteiger partial charge in [0.1, 0.15) is 0 Å². The predicted octanol–water partition coefficient (Wildman–Crippen LogP) is 3.78. The number of halogens is 1. The van der Waals surface area contributed by atoms with Gasteiger partial charge >= 0.3 is 0 Å². The Labute approximate surface area is 132 Å². The van der Waals surface area contributed by atoms with Crippen LogP contribution in [-0.4, -0.2) is 4.98 Å². The van der Waals surface area contributed by atoms with Crippen LogP contribution in [-0.2, 0) is 6.42 Å². The van der Waals surface area contributed by atoms with Gasteiger partial charge in [-0.05, 0) is 78.1 Å². The van der Waals surface area contributed by atoms with E-state index in [1.807, 2.05) is 6.07 Å². The van der Waals surface area contributed by atoms with Crippen molar-refractivity contribution in [3.05, 3.63) is 61.1 Å². The molecule has 2 N–H and O–H groups in total. The molecular formula is C16H17IN2O. The van der Waals surface area contributed by atoms with Gasteiger partial charge in [0.05, 0.1) is 6.04 Å². The number of aryl methyl sites for hydroxylation is 2. The van der Waals surface area contributed by atoms with Crippen molar-refractivity contribution >= 4 is 28.3 Å². The van der Waals surface area contributed by atoms with Gasteiger partial charge in [0.15, 0.2) is 0 Å². The highest BCUT2D eigenvalue weighted by Gasteiger charge is 2.20.